The molecule has 0 aliphatic heterocycles. The Bertz CT molecular complexity index is 1050. The second-order valence-electron chi connectivity index (χ2n) is 6.00. The van der Waals surface area contributed by atoms with E-state index in [1.54, 1.807) is 43.8 Å². The van der Waals surface area contributed by atoms with Gasteiger partial charge in [0.05, 0.1) is 12.7 Å². The van der Waals surface area contributed by atoms with E-state index in [2.05, 4.69) is 15.1 Å². The highest BCUT2D eigenvalue weighted by Gasteiger charge is 2.15. The lowest BCUT2D eigenvalue weighted by Gasteiger charge is -2.08. The van der Waals surface area contributed by atoms with Crippen LogP contribution in [-0.4, -0.2) is 22.2 Å². The van der Waals surface area contributed by atoms with Crippen LogP contribution in [-0.2, 0) is 6.42 Å². The molecule has 0 N–H and O–H groups in total. The third-order valence-electron chi connectivity index (χ3n) is 4.18. The average molecular weight is 361 g/mol. The van der Waals surface area contributed by atoms with Gasteiger partial charge in [0.25, 0.3) is 5.89 Å². The van der Waals surface area contributed by atoms with Crippen LogP contribution in [0.25, 0.3) is 22.8 Å². The summed E-state index contributed by atoms with van der Waals surface area (Å²) in [6, 6.07) is 15.9. The highest BCUT2D eigenvalue weighted by molar-refractivity contribution is 5.67. The third-order valence-corrected chi connectivity index (χ3v) is 4.18. The number of aromatic nitrogens is 3. The van der Waals surface area contributed by atoms with Gasteiger partial charge >= 0.3 is 0 Å². The lowest BCUT2D eigenvalue weighted by molar-refractivity contribution is 0.413. The van der Waals surface area contributed by atoms with E-state index in [1.165, 1.54) is 12.1 Å². The Balaban J connectivity index is 1.67. The lowest BCUT2D eigenvalue weighted by Crippen LogP contribution is -1.94. The van der Waals surface area contributed by atoms with E-state index in [0.29, 0.717) is 23.9 Å². The van der Waals surface area contributed by atoms with Crippen molar-refractivity contribution in [2.24, 2.45) is 0 Å². The van der Waals surface area contributed by atoms with Gasteiger partial charge in [-0.2, -0.15) is 4.98 Å². The highest BCUT2D eigenvalue weighted by atomic mass is 19.1. The molecule has 0 saturated carbocycles. The van der Waals surface area contributed by atoms with Crippen LogP contribution in [0.5, 0.6) is 5.75 Å². The van der Waals surface area contributed by atoms with Crippen molar-refractivity contribution in [3.05, 3.63) is 83.9 Å². The maximum atomic E-state index is 13.1. The fourth-order valence-corrected chi connectivity index (χ4v) is 2.82. The average Bonchev–Trinajstić information content (AvgIpc) is 3.20. The normalized spacial score (nSPS) is 10.7. The summed E-state index contributed by atoms with van der Waals surface area (Å²) in [6.07, 6.45) is 4.00. The van der Waals surface area contributed by atoms with Crippen molar-refractivity contribution in [1.29, 1.82) is 0 Å². The molecule has 0 unspecified atom stereocenters. The molecule has 134 valence electrons. The van der Waals surface area contributed by atoms with Crippen LogP contribution in [0.4, 0.5) is 4.39 Å². The summed E-state index contributed by atoms with van der Waals surface area (Å²) in [6.45, 7) is 0. The van der Waals surface area contributed by atoms with Gasteiger partial charge in [0.1, 0.15) is 11.6 Å². The molecule has 0 radical (unpaired) electrons. The SMILES string of the molecule is COc1ccc(Cc2ccc(F)cc2)cc1-c1noc(-c2ccncc2)n1. The van der Waals surface area contributed by atoms with Crippen LogP contribution >= 0.6 is 0 Å². The number of hydrogen-bond donors (Lipinski definition) is 0. The fourth-order valence-electron chi connectivity index (χ4n) is 2.82. The van der Waals surface area contributed by atoms with Gasteiger partial charge in [-0.3, -0.25) is 4.98 Å². The molecule has 4 rings (SSSR count). The first-order valence-electron chi connectivity index (χ1n) is 8.39. The van der Waals surface area contributed by atoms with Crippen LogP contribution in [0.2, 0.25) is 0 Å². The molecule has 6 heteroatoms. The minimum absolute atomic E-state index is 0.246. The van der Waals surface area contributed by atoms with E-state index in [-0.39, 0.29) is 5.82 Å². The van der Waals surface area contributed by atoms with E-state index in [1.807, 2.05) is 18.2 Å². The quantitative estimate of drug-likeness (QED) is 0.522. The molecule has 0 fully saturated rings. The van der Waals surface area contributed by atoms with Crippen LogP contribution in [0.1, 0.15) is 11.1 Å². The smallest absolute Gasteiger partial charge is 0.258 e. The van der Waals surface area contributed by atoms with Gasteiger partial charge < -0.3 is 9.26 Å². The molecule has 0 aliphatic rings. The number of nitrogens with zero attached hydrogens (tertiary/aromatic N) is 3. The number of benzene rings is 2. The molecule has 2 aromatic carbocycles. The number of ether oxygens (including phenoxy) is 1. The van der Waals surface area contributed by atoms with Crippen molar-refractivity contribution in [3.8, 4) is 28.6 Å². The fraction of sp³-hybridized carbons (Fsp3) is 0.0952. The van der Waals surface area contributed by atoms with Crippen LogP contribution in [0, 0.1) is 5.82 Å². The summed E-state index contributed by atoms with van der Waals surface area (Å²) in [5.74, 6) is 1.27. The summed E-state index contributed by atoms with van der Waals surface area (Å²) >= 11 is 0. The predicted molar refractivity (Wildman–Crippen MR) is 98.7 cm³/mol. The molecule has 0 atom stereocenters. The minimum atomic E-state index is -0.246. The molecule has 0 aliphatic carbocycles. The van der Waals surface area contributed by atoms with Crippen LogP contribution in [0.15, 0.2) is 71.5 Å². The van der Waals surface area contributed by atoms with Gasteiger partial charge in [-0.25, -0.2) is 4.39 Å². The topological polar surface area (TPSA) is 61.0 Å². The van der Waals surface area contributed by atoms with Crippen LogP contribution in [0.3, 0.4) is 0 Å². The van der Waals surface area contributed by atoms with Gasteiger partial charge in [0.2, 0.25) is 5.82 Å². The van der Waals surface area contributed by atoms with E-state index in [9.17, 15) is 4.39 Å². The number of halogens is 1. The first kappa shape index (κ1) is 16.9. The number of rotatable bonds is 5. The summed E-state index contributed by atoms with van der Waals surface area (Å²) in [5.41, 5.74) is 3.58. The molecular formula is C21H16FN3O2. The molecule has 0 saturated heterocycles. The largest absolute Gasteiger partial charge is 0.496 e. The van der Waals surface area contributed by atoms with Crippen molar-refractivity contribution in [1.82, 2.24) is 15.1 Å². The third kappa shape index (κ3) is 3.69. The van der Waals surface area contributed by atoms with Crippen molar-refractivity contribution >= 4 is 0 Å². The molecule has 0 bridgehead atoms. The molecule has 2 heterocycles. The summed E-state index contributed by atoms with van der Waals surface area (Å²) < 4.78 is 23.9. The van der Waals surface area contributed by atoms with E-state index in [4.69, 9.17) is 9.26 Å². The molecule has 0 amide bonds. The molecule has 0 spiro atoms. The molecule has 5 nitrogen and oxygen atoms in total. The maximum absolute atomic E-state index is 13.1. The molecular weight excluding hydrogens is 345 g/mol. The highest BCUT2D eigenvalue weighted by Crippen LogP contribution is 2.31. The van der Waals surface area contributed by atoms with Crippen molar-refractivity contribution in [2.75, 3.05) is 7.11 Å². The molecule has 4 aromatic rings. The second kappa shape index (κ2) is 7.37. The zero-order valence-electron chi connectivity index (χ0n) is 14.6. The van der Waals surface area contributed by atoms with Crippen molar-refractivity contribution in [2.45, 2.75) is 6.42 Å². The second-order valence-corrected chi connectivity index (χ2v) is 6.00. The molecule has 2 aromatic heterocycles. The Kier molecular flexibility index (Phi) is 4.61. The van der Waals surface area contributed by atoms with E-state index >= 15 is 0 Å². The summed E-state index contributed by atoms with van der Waals surface area (Å²) in [4.78, 5) is 8.47. The van der Waals surface area contributed by atoms with Gasteiger partial charge in [-0.05, 0) is 53.9 Å². The van der Waals surface area contributed by atoms with E-state index in [0.717, 1.165) is 22.3 Å². The monoisotopic (exact) mass is 361 g/mol. The summed E-state index contributed by atoms with van der Waals surface area (Å²) in [7, 11) is 1.60. The number of hydrogen-bond acceptors (Lipinski definition) is 5. The maximum Gasteiger partial charge on any atom is 0.258 e. The van der Waals surface area contributed by atoms with Gasteiger partial charge in [0, 0.05) is 18.0 Å². The predicted octanol–water partition coefficient (Wildman–Crippen LogP) is 4.54. The van der Waals surface area contributed by atoms with Crippen molar-refractivity contribution in [3.63, 3.8) is 0 Å². The first-order chi connectivity index (χ1) is 13.2. The van der Waals surface area contributed by atoms with Crippen molar-refractivity contribution < 1.29 is 13.7 Å². The number of methoxy groups -OCH3 is 1. The van der Waals surface area contributed by atoms with Gasteiger partial charge in [-0.1, -0.05) is 23.4 Å². The lowest BCUT2D eigenvalue weighted by atomic mass is 10.0. The van der Waals surface area contributed by atoms with Gasteiger partial charge in [-0.15, -0.1) is 0 Å². The summed E-state index contributed by atoms with van der Waals surface area (Å²) in [5, 5.41) is 4.10. The van der Waals surface area contributed by atoms with Gasteiger partial charge in [0.15, 0.2) is 0 Å². The standard InChI is InChI=1S/C21H16FN3O2/c1-26-19-7-4-15(12-14-2-5-17(22)6-3-14)13-18(19)20-24-21(27-25-20)16-8-10-23-11-9-16/h2-11,13H,12H2,1H3. The Morgan fingerprint density at radius 2 is 1.70 bits per heavy atom. The Hall–Kier alpha value is -3.54. The number of pyridine rings is 1. The Morgan fingerprint density at radius 3 is 2.44 bits per heavy atom. The van der Waals surface area contributed by atoms with Crippen LogP contribution < -0.4 is 4.74 Å². The zero-order chi connectivity index (χ0) is 18.6. The zero-order valence-corrected chi connectivity index (χ0v) is 14.6. The minimum Gasteiger partial charge on any atom is -0.496 e. The molecule has 27 heavy (non-hydrogen) atoms. The Labute approximate surface area is 155 Å². The van der Waals surface area contributed by atoms with E-state index < -0.39 is 0 Å². The first-order valence-corrected chi connectivity index (χ1v) is 8.39. The Morgan fingerprint density at radius 1 is 0.963 bits per heavy atom.